The van der Waals surface area contributed by atoms with Crippen molar-refractivity contribution >= 4 is 38.9 Å². The second-order valence-corrected chi connectivity index (χ2v) is 13.2. The Kier molecular flexibility index (Phi) is 9.27. The van der Waals surface area contributed by atoms with Gasteiger partial charge in [-0.15, -0.1) is 0 Å². The van der Waals surface area contributed by atoms with Gasteiger partial charge in [-0.25, -0.2) is 23.1 Å². The number of nitrogens with two attached hydrogens (primary N) is 1. The number of phenolic OH excluding ortho intramolecular Hbond substituents is 1. The lowest BCUT2D eigenvalue weighted by atomic mass is 9.59. The minimum atomic E-state index is -4.42. The van der Waals surface area contributed by atoms with Crippen LogP contribution in [0.1, 0.15) is 42.1 Å². The number of hydrogen-bond donors (Lipinski definition) is 8. The van der Waals surface area contributed by atoms with Crippen LogP contribution in [0.5, 0.6) is 5.75 Å². The van der Waals surface area contributed by atoms with Crippen molar-refractivity contribution in [3.05, 3.63) is 55.8 Å². The Morgan fingerprint density at radius 3 is 2.37 bits per heavy atom. The Labute approximate surface area is 263 Å². The molecule has 1 saturated carbocycles. The number of fused-ring (bicyclic) bond motifs is 3. The first-order chi connectivity index (χ1) is 21.5. The van der Waals surface area contributed by atoms with Gasteiger partial charge >= 0.3 is 5.63 Å². The molecule has 1 amide bonds. The summed E-state index contributed by atoms with van der Waals surface area (Å²) in [6, 6.07) is 1.49. The van der Waals surface area contributed by atoms with Crippen LogP contribution in [0.2, 0.25) is 0 Å². The van der Waals surface area contributed by atoms with Crippen molar-refractivity contribution in [2.45, 2.75) is 49.6 Å². The number of carbonyl (C=O) groups is 3. The second kappa shape index (κ2) is 12.4. The number of primary amides is 1. The Hall–Kier alpha value is -4.45. The number of ketones is 2. The fourth-order valence-electron chi connectivity index (χ4n) is 6.33. The van der Waals surface area contributed by atoms with Crippen LogP contribution < -0.4 is 26.3 Å². The molecule has 1 aromatic heterocycles. The highest BCUT2D eigenvalue weighted by molar-refractivity contribution is 7.89. The number of aromatic hydroxyl groups is 1. The predicted molar refractivity (Wildman–Crippen MR) is 163 cm³/mol. The van der Waals surface area contributed by atoms with Gasteiger partial charge < -0.3 is 40.9 Å². The molecule has 46 heavy (non-hydrogen) atoms. The van der Waals surface area contributed by atoms with Crippen molar-refractivity contribution in [2.24, 2.45) is 17.6 Å². The highest BCUT2D eigenvalue weighted by atomic mass is 32.2. The zero-order chi connectivity index (χ0) is 34.5. The first-order valence-electron chi connectivity index (χ1n) is 14.3. The highest BCUT2D eigenvalue weighted by Crippen LogP contribution is 2.53. The van der Waals surface area contributed by atoms with Gasteiger partial charge in [0.25, 0.3) is 5.91 Å². The zero-order valence-corrected chi connectivity index (χ0v) is 26.7. The van der Waals surface area contributed by atoms with Crippen molar-refractivity contribution in [1.82, 2.24) is 15.2 Å². The summed E-state index contributed by atoms with van der Waals surface area (Å²) in [5.41, 5.74) is 0.905. The molecule has 3 aliphatic rings. The van der Waals surface area contributed by atoms with Gasteiger partial charge in [-0.1, -0.05) is 6.92 Å². The maximum Gasteiger partial charge on any atom is 0.377 e. The molecule has 1 aromatic carbocycles. The molecule has 0 spiro atoms. The third-order valence-electron chi connectivity index (χ3n) is 8.40. The summed E-state index contributed by atoms with van der Waals surface area (Å²) in [6.07, 6.45) is -0.241. The number of benzene rings is 1. The smallest absolute Gasteiger partial charge is 0.377 e. The summed E-state index contributed by atoms with van der Waals surface area (Å²) in [4.78, 5) is 51.3. The largest absolute Gasteiger partial charge is 0.508 e. The number of aliphatic hydroxyl groups is 3. The number of aliphatic hydroxyl groups excluding tert-OH is 2. The van der Waals surface area contributed by atoms with Crippen molar-refractivity contribution in [2.75, 3.05) is 33.1 Å². The third-order valence-corrected chi connectivity index (χ3v) is 9.88. The molecule has 3 atom stereocenters. The van der Waals surface area contributed by atoms with Gasteiger partial charge in [-0.05, 0) is 50.9 Å². The average molecular weight is 664 g/mol. The predicted octanol–water partition coefficient (Wildman–Crippen LogP) is -0.352. The molecule has 250 valence electrons. The Morgan fingerprint density at radius 2 is 1.80 bits per heavy atom. The molecule has 0 saturated heterocycles. The molecule has 3 aliphatic carbocycles. The fourth-order valence-corrected chi connectivity index (χ4v) is 7.59. The number of rotatable bonds is 7. The number of hydrogen-bond acceptors (Lipinski definition) is 13. The van der Waals surface area contributed by atoms with Gasteiger partial charge in [0, 0.05) is 49.8 Å². The summed E-state index contributed by atoms with van der Waals surface area (Å²) in [5, 5.41) is 49.9. The summed E-state index contributed by atoms with van der Waals surface area (Å²) in [7, 11) is 2.68. The van der Waals surface area contributed by atoms with Crippen LogP contribution in [0, 0.1) is 11.8 Å². The molecule has 1 unspecified atom stereocenters. The normalized spacial score (nSPS) is 22.5. The maximum atomic E-state index is 13.8. The summed E-state index contributed by atoms with van der Waals surface area (Å²) in [6.45, 7) is 1.08. The van der Waals surface area contributed by atoms with Gasteiger partial charge in [-0.3, -0.25) is 14.4 Å². The van der Waals surface area contributed by atoms with Crippen LogP contribution in [-0.2, 0) is 43.8 Å². The molecular formula is C29H37N5O11S. The lowest BCUT2D eigenvalue weighted by Gasteiger charge is -2.46. The number of aromatic amines is 1. The molecule has 1 fully saturated rings. The van der Waals surface area contributed by atoms with Gasteiger partial charge in [-0.2, -0.15) is 0 Å². The lowest BCUT2D eigenvalue weighted by Crippen LogP contribution is -2.58. The van der Waals surface area contributed by atoms with Crippen LogP contribution in [0.4, 0.5) is 5.69 Å². The van der Waals surface area contributed by atoms with E-state index in [2.05, 4.69) is 19.7 Å². The number of phenols is 1. The fraction of sp³-hybridized carbons (Fsp3) is 0.448. The maximum absolute atomic E-state index is 13.8. The zero-order valence-electron chi connectivity index (χ0n) is 25.8. The summed E-state index contributed by atoms with van der Waals surface area (Å²) >= 11 is 0. The average Bonchev–Trinajstić information content (AvgIpc) is 3.36. The van der Waals surface area contributed by atoms with E-state index in [9.17, 15) is 48.0 Å². The molecular weight excluding hydrogens is 626 g/mol. The van der Waals surface area contributed by atoms with E-state index in [1.807, 2.05) is 14.1 Å². The molecule has 0 aliphatic heterocycles. The number of carbonyl (C=O) groups excluding carboxylic acids is 3. The Bertz CT molecular complexity index is 1850. The Balaban J connectivity index is 0.00000154. The standard InChI is InChI=1S/C27H30N4O11S.C2H7N/c1-4-14-22(26(38)42-30-14)43(40,41)29-9-11-7-15(31(2)3)13-6-10-5-12-8-16(32)19(25(28)37)24(36)27(12,39)23(35)17(10)21(34)18(13)20(11)33;1-3-2/h7,10,12,29-30,33-34,36,39H,4-6,8-9H2,1-3H3,(H2,28,37);3H,1-2H3/t10?,12-,27-;/m0./s1. The van der Waals surface area contributed by atoms with Crippen molar-refractivity contribution in [3.8, 4) is 5.75 Å². The number of sulfonamides is 1. The lowest BCUT2D eigenvalue weighted by molar-refractivity contribution is -0.147. The van der Waals surface area contributed by atoms with Gasteiger partial charge in [0.1, 0.15) is 22.8 Å². The second-order valence-electron chi connectivity index (χ2n) is 11.5. The SMILES string of the molecule is CCc1[nH]oc(=O)c1S(=O)(=O)NCc1cc(N(C)C)c2c(c1O)C(O)=C1C(=O)[C@]3(O)C(O)=C(C(N)=O)C(=O)C[C@@H]3CC1C2.CNC. The molecule has 1 heterocycles. The van der Waals surface area contributed by atoms with E-state index in [4.69, 9.17) is 5.73 Å². The van der Waals surface area contributed by atoms with E-state index in [1.165, 1.54) is 6.07 Å². The van der Waals surface area contributed by atoms with Gasteiger partial charge in [0.2, 0.25) is 15.8 Å². The molecule has 0 radical (unpaired) electrons. The topological polar surface area (TPSA) is 266 Å². The van der Waals surface area contributed by atoms with E-state index in [1.54, 1.807) is 25.9 Å². The summed E-state index contributed by atoms with van der Waals surface area (Å²) in [5.74, 6) is -7.59. The number of Topliss-reactive ketones (excluding diaryl/α,β-unsaturated/α-hetero) is 2. The molecule has 9 N–H and O–H groups in total. The van der Waals surface area contributed by atoms with Crippen molar-refractivity contribution < 1.29 is 47.8 Å². The number of H-pyrrole nitrogens is 1. The van der Waals surface area contributed by atoms with Crippen LogP contribution in [-0.4, -0.2) is 85.3 Å². The monoisotopic (exact) mass is 663 g/mol. The molecule has 16 nitrogen and oxygen atoms in total. The van der Waals surface area contributed by atoms with Crippen molar-refractivity contribution in [1.29, 1.82) is 0 Å². The van der Waals surface area contributed by atoms with Crippen LogP contribution >= 0.6 is 0 Å². The quantitative estimate of drug-likeness (QED) is 0.176. The molecule has 2 aromatic rings. The molecule has 0 bridgehead atoms. The number of nitrogens with one attached hydrogen (secondary N) is 3. The van der Waals surface area contributed by atoms with Gasteiger partial charge in [0.15, 0.2) is 16.3 Å². The van der Waals surface area contributed by atoms with Crippen LogP contribution in [0.3, 0.4) is 0 Å². The first-order valence-corrected chi connectivity index (χ1v) is 15.8. The minimum Gasteiger partial charge on any atom is -0.508 e. The van der Waals surface area contributed by atoms with E-state index >= 15 is 0 Å². The minimum absolute atomic E-state index is 0.0172. The van der Waals surface area contributed by atoms with E-state index < -0.39 is 91.3 Å². The third kappa shape index (κ3) is 5.38. The van der Waals surface area contributed by atoms with Crippen LogP contribution in [0.15, 0.2) is 37.2 Å². The molecule has 17 heteroatoms. The highest BCUT2D eigenvalue weighted by Gasteiger charge is 2.60. The molecule has 5 rings (SSSR count). The van der Waals surface area contributed by atoms with Crippen LogP contribution in [0.25, 0.3) is 5.76 Å². The summed E-state index contributed by atoms with van der Waals surface area (Å²) < 4.78 is 32.8. The Morgan fingerprint density at radius 1 is 1.17 bits per heavy atom. The number of aromatic nitrogens is 1. The first kappa shape index (κ1) is 34.4. The van der Waals surface area contributed by atoms with E-state index in [0.717, 1.165) is 0 Å². The van der Waals surface area contributed by atoms with E-state index in [-0.39, 0.29) is 41.7 Å². The number of nitrogens with zero attached hydrogens (tertiary/aromatic N) is 1. The van der Waals surface area contributed by atoms with Crippen molar-refractivity contribution in [3.63, 3.8) is 0 Å². The van der Waals surface area contributed by atoms with E-state index in [0.29, 0.717) is 11.3 Å². The number of amides is 1. The number of aryl methyl sites for hydroxylation is 1. The van der Waals surface area contributed by atoms with Gasteiger partial charge in [0.05, 0.1) is 11.3 Å². The number of anilines is 1.